The van der Waals surface area contributed by atoms with Crippen LogP contribution in [-0.2, 0) is 0 Å². The van der Waals surface area contributed by atoms with Crippen LogP contribution in [0.5, 0.6) is 0 Å². The Balaban J connectivity index is 1.93. The zero-order valence-electron chi connectivity index (χ0n) is 9.80. The van der Waals surface area contributed by atoms with Gasteiger partial charge in [-0.15, -0.1) is 0 Å². The molecule has 1 saturated carbocycles. The SMILES string of the molecule is CN(C(=O)Nc1cc[n+]([O-])nc1)C1CCCC1. The number of hydrogen-bond donors (Lipinski definition) is 1. The maximum Gasteiger partial charge on any atom is 0.321 e. The predicted octanol–water partition coefficient (Wildman–Crippen LogP) is 1.12. The van der Waals surface area contributed by atoms with Gasteiger partial charge in [0, 0.05) is 24.3 Å². The molecule has 17 heavy (non-hydrogen) atoms. The molecule has 1 aromatic rings. The van der Waals surface area contributed by atoms with Crippen LogP contribution in [0.2, 0.25) is 0 Å². The van der Waals surface area contributed by atoms with Gasteiger partial charge in [-0.05, 0) is 12.8 Å². The fourth-order valence-electron chi connectivity index (χ4n) is 2.09. The number of nitrogens with zero attached hydrogens (tertiary/aromatic N) is 3. The van der Waals surface area contributed by atoms with E-state index in [1.165, 1.54) is 31.3 Å². The zero-order valence-corrected chi connectivity index (χ0v) is 9.80. The smallest absolute Gasteiger partial charge is 0.321 e. The van der Waals surface area contributed by atoms with Crippen molar-refractivity contribution < 1.29 is 9.64 Å². The molecule has 0 bridgehead atoms. The van der Waals surface area contributed by atoms with Gasteiger partial charge in [-0.25, -0.2) is 4.79 Å². The lowest BCUT2D eigenvalue weighted by atomic mass is 10.2. The summed E-state index contributed by atoms with van der Waals surface area (Å²) in [6, 6.07) is 1.71. The van der Waals surface area contributed by atoms with Crippen molar-refractivity contribution in [2.75, 3.05) is 12.4 Å². The van der Waals surface area contributed by atoms with E-state index in [0.717, 1.165) is 12.8 Å². The summed E-state index contributed by atoms with van der Waals surface area (Å²) in [6.45, 7) is 0. The molecule has 0 radical (unpaired) electrons. The highest BCUT2D eigenvalue weighted by molar-refractivity contribution is 5.89. The van der Waals surface area contributed by atoms with Gasteiger partial charge in [-0.1, -0.05) is 17.7 Å². The molecule has 1 N–H and O–H groups in total. The summed E-state index contributed by atoms with van der Waals surface area (Å²) in [5.74, 6) is 0. The Morgan fingerprint density at radius 1 is 1.59 bits per heavy atom. The molecule has 0 aliphatic heterocycles. The zero-order chi connectivity index (χ0) is 12.3. The molecular formula is C11H16N4O2. The quantitative estimate of drug-likeness (QED) is 0.617. The van der Waals surface area contributed by atoms with Gasteiger partial charge >= 0.3 is 6.03 Å². The summed E-state index contributed by atoms with van der Waals surface area (Å²) in [7, 11) is 1.80. The summed E-state index contributed by atoms with van der Waals surface area (Å²) >= 11 is 0. The molecule has 0 atom stereocenters. The Hall–Kier alpha value is -1.85. The normalized spacial score (nSPS) is 15.8. The van der Waals surface area contributed by atoms with Crippen molar-refractivity contribution in [1.29, 1.82) is 0 Å². The molecule has 0 unspecified atom stereocenters. The summed E-state index contributed by atoms with van der Waals surface area (Å²) in [4.78, 5) is 14.1. The second kappa shape index (κ2) is 4.99. The molecule has 2 rings (SSSR count). The molecule has 1 aliphatic rings. The van der Waals surface area contributed by atoms with Crippen molar-refractivity contribution in [1.82, 2.24) is 10.00 Å². The highest BCUT2D eigenvalue weighted by Crippen LogP contribution is 2.22. The summed E-state index contributed by atoms with van der Waals surface area (Å²) in [6.07, 6.45) is 7.10. The Kier molecular flexibility index (Phi) is 3.41. The van der Waals surface area contributed by atoms with Crippen LogP contribution in [0, 0.1) is 5.21 Å². The number of aromatic nitrogens is 2. The lowest BCUT2D eigenvalue weighted by Crippen LogP contribution is -2.38. The van der Waals surface area contributed by atoms with Crippen LogP contribution in [0.4, 0.5) is 10.5 Å². The standard InChI is InChI=1S/C11H16N4O2/c1-14(10-4-2-3-5-10)11(16)13-9-6-7-15(17)12-8-9/h6-8,10H,2-5H2,1H3,(H,13,16). The maximum atomic E-state index is 11.9. The first kappa shape index (κ1) is 11.6. The third-order valence-electron chi connectivity index (χ3n) is 3.14. The van der Waals surface area contributed by atoms with Gasteiger partial charge in [-0.2, -0.15) is 0 Å². The predicted molar refractivity (Wildman–Crippen MR) is 62.2 cm³/mol. The summed E-state index contributed by atoms with van der Waals surface area (Å²) < 4.78 is 0. The van der Waals surface area contributed by atoms with Crippen LogP contribution >= 0.6 is 0 Å². The van der Waals surface area contributed by atoms with Gasteiger partial charge < -0.3 is 15.4 Å². The summed E-state index contributed by atoms with van der Waals surface area (Å²) in [5, 5.41) is 17.0. The van der Waals surface area contributed by atoms with E-state index in [-0.39, 0.29) is 6.03 Å². The Labute approximate surface area is 99.8 Å². The van der Waals surface area contributed by atoms with Crippen molar-refractivity contribution in [3.05, 3.63) is 23.7 Å². The first-order valence-electron chi connectivity index (χ1n) is 5.76. The van der Waals surface area contributed by atoms with Gasteiger partial charge in [-0.3, -0.25) is 0 Å². The van der Waals surface area contributed by atoms with E-state index < -0.39 is 0 Å². The van der Waals surface area contributed by atoms with Crippen molar-refractivity contribution in [2.45, 2.75) is 31.7 Å². The lowest BCUT2D eigenvalue weighted by Gasteiger charge is -2.24. The fraction of sp³-hybridized carbons (Fsp3) is 0.545. The van der Waals surface area contributed by atoms with Crippen molar-refractivity contribution in [3.63, 3.8) is 0 Å². The molecule has 0 spiro atoms. The lowest BCUT2D eigenvalue weighted by molar-refractivity contribution is -0.669. The number of nitrogens with one attached hydrogen (secondary N) is 1. The molecule has 1 aromatic heterocycles. The Morgan fingerprint density at radius 2 is 2.29 bits per heavy atom. The van der Waals surface area contributed by atoms with Crippen LogP contribution in [0.15, 0.2) is 18.5 Å². The molecule has 1 fully saturated rings. The first-order chi connectivity index (χ1) is 8.16. The second-order valence-electron chi connectivity index (χ2n) is 4.30. The number of urea groups is 1. The van der Waals surface area contributed by atoms with Crippen LogP contribution in [-0.4, -0.2) is 29.1 Å². The number of hydrogen-bond acceptors (Lipinski definition) is 3. The summed E-state index contributed by atoms with van der Waals surface area (Å²) in [5.41, 5.74) is 0.534. The third-order valence-corrected chi connectivity index (χ3v) is 3.14. The van der Waals surface area contributed by atoms with E-state index in [1.54, 1.807) is 11.9 Å². The Morgan fingerprint density at radius 3 is 2.88 bits per heavy atom. The Bertz CT molecular complexity index is 387. The minimum absolute atomic E-state index is 0.151. The van der Waals surface area contributed by atoms with Gasteiger partial charge in [0.25, 0.3) is 0 Å². The molecule has 0 aromatic carbocycles. The average molecular weight is 236 g/mol. The van der Waals surface area contributed by atoms with E-state index in [0.29, 0.717) is 16.6 Å². The number of amides is 2. The van der Waals surface area contributed by atoms with Gasteiger partial charge in [0.1, 0.15) is 6.20 Å². The molecule has 0 saturated heterocycles. The number of rotatable bonds is 2. The highest BCUT2D eigenvalue weighted by atomic mass is 16.5. The number of anilines is 1. The molecule has 6 heteroatoms. The van der Waals surface area contributed by atoms with Crippen LogP contribution in [0.25, 0.3) is 0 Å². The second-order valence-corrected chi connectivity index (χ2v) is 4.30. The van der Waals surface area contributed by atoms with E-state index in [2.05, 4.69) is 10.4 Å². The van der Waals surface area contributed by atoms with Gasteiger partial charge in [0.2, 0.25) is 6.20 Å². The third kappa shape index (κ3) is 2.83. The molecule has 1 aliphatic carbocycles. The van der Waals surface area contributed by atoms with Gasteiger partial charge in [0.15, 0.2) is 0 Å². The topological polar surface area (TPSA) is 72.2 Å². The maximum absolute atomic E-state index is 11.9. The molecule has 92 valence electrons. The van der Waals surface area contributed by atoms with Gasteiger partial charge in [0.05, 0.1) is 5.69 Å². The molecule has 1 heterocycles. The van der Waals surface area contributed by atoms with E-state index in [4.69, 9.17) is 0 Å². The van der Waals surface area contributed by atoms with Crippen LogP contribution in [0.3, 0.4) is 0 Å². The van der Waals surface area contributed by atoms with E-state index >= 15 is 0 Å². The monoisotopic (exact) mass is 236 g/mol. The minimum atomic E-state index is -0.151. The number of carbonyl (C=O) groups is 1. The molecule has 6 nitrogen and oxygen atoms in total. The first-order valence-corrected chi connectivity index (χ1v) is 5.76. The number of carbonyl (C=O) groups excluding carboxylic acids is 1. The van der Waals surface area contributed by atoms with Crippen molar-refractivity contribution in [2.24, 2.45) is 0 Å². The highest BCUT2D eigenvalue weighted by Gasteiger charge is 2.23. The van der Waals surface area contributed by atoms with Crippen molar-refractivity contribution >= 4 is 11.7 Å². The molecule has 2 amide bonds. The largest absolute Gasteiger partial charge is 0.594 e. The fourth-order valence-corrected chi connectivity index (χ4v) is 2.09. The van der Waals surface area contributed by atoms with Crippen LogP contribution < -0.4 is 10.2 Å². The van der Waals surface area contributed by atoms with Crippen molar-refractivity contribution in [3.8, 4) is 0 Å². The molecular weight excluding hydrogens is 220 g/mol. The van der Waals surface area contributed by atoms with E-state index in [1.807, 2.05) is 0 Å². The van der Waals surface area contributed by atoms with Crippen LogP contribution in [0.1, 0.15) is 25.7 Å². The van der Waals surface area contributed by atoms with E-state index in [9.17, 15) is 10.0 Å². The minimum Gasteiger partial charge on any atom is -0.594 e. The average Bonchev–Trinajstić information content (AvgIpc) is 2.84.